The Kier molecular flexibility index (Phi) is 3.31. The molecule has 1 saturated heterocycles. The van der Waals surface area contributed by atoms with Gasteiger partial charge in [0.05, 0.1) is 13.1 Å². The number of nitrogens with zero attached hydrogens (tertiary/aromatic N) is 1. The van der Waals surface area contributed by atoms with E-state index in [9.17, 15) is 9.59 Å². The van der Waals surface area contributed by atoms with Crippen LogP contribution in [0.5, 0.6) is 0 Å². The standard InChI is InChI=1S/C11H12ClN3O2/c12-9-3-8(13)2-1-7(9)4-15-5-10(16)14-11(17)6-15/h1-3H,4-6,13H2,(H,14,16,17). The normalized spacial score (nSPS) is 17.0. The number of imide groups is 1. The van der Waals surface area contributed by atoms with Crippen LogP contribution < -0.4 is 11.1 Å². The number of nitrogens with two attached hydrogens (primary N) is 1. The van der Waals surface area contributed by atoms with Gasteiger partial charge in [-0.3, -0.25) is 19.8 Å². The van der Waals surface area contributed by atoms with E-state index in [-0.39, 0.29) is 24.9 Å². The molecular weight excluding hydrogens is 242 g/mol. The van der Waals surface area contributed by atoms with Crippen LogP contribution in [-0.4, -0.2) is 29.8 Å². The summed E-state index contributed by atoms with van der Waals surface area (Å²) in [4.78, 5) is 24.1. The first-order valence-corrected chi connectivity index (χ1v) is 5.51. The molecule has 0 bridgehead atoms. The Hall–Kier alpha value is -1.59. The highest BCUT2D eigenvalue weighted by Crippen LogP contribution is 2.20. The van der Waals surface area contributed by atoms with Gasteiger partial charge in [0, 0.05) is 17.3 Å². The molecule has 90 valence electrons. The highest BCUT2D eigenvalue weighted by atomic mass is 35.5. The Labute approximate surface area is 104 Å². The van der Waals surface area contributed by atoms with E-state index in [0.717, 1.165) is 5.56 Å². The van der Waals surface area contributed by atoms with Crippen LogP contribution in [0.4, 0.5) is 5.69 Å². The van der Waals surface area contributed by atoms with Crippen LogP contribution in [0.1, 0.15) is 5.56 Å². The van der Waals surface area contributed by atoms with Crippen molar-refractivity contribution < 1.29 is 9.59 Å². The Morgan fingerprint density at radius 3 is 2.53 bits per heavy atom. The van der Waals surface area contributed by atoms with E-state index in [1.54, 1.807) is 23.1 Å². The van der Waals surface area contributed by atoms with Crippen LogP contribution in [0.15, 0.2) is 18.2 Å². The first-order chi connectivity index (χ1) is 8.04. The van der Waals surface area contributed by atoms with Crippen LogP contribution in [0, 0.1) is 0 Å². The first kappa shape index (κ1) is 11.9. The van der Waals surface area contributed by atoms with Crippen molar-refractivity contribution in [3.05, 3.63) is 28.8 Å². The van der Waals surface area contributed by atoms with Gasteiger partial charge in [-0.15, -0.1) is 0 Å². The van der Waals surface area contributed by atoms with Crippen LogP contribution in [0.25, 0.3) is 0 Å². The lowest BCUT2D eigenvalue weighted by molar-refractivity contribution is -0.136. The van der Waals surface area contributed by atoms with E-state index < -0.39 is 0 Å². The van der Waals surface area contributed by atoms with Crippen LogP contribution in [-0.2, 0) is 16.1 Å². The SMILES string of the molecule is Nc1ccc(CN2CC(=O)NC(=O)C2)c(Cl)c1. The molecule has 6 heteroatoms. The lowest BCUT2D eigenvalue weighted by atomic mass is 10.2. The predicted molar refractivity (Wildman–Crippen MR) is 64.3 cm³/mol. The number of anilines is 1. The Balaban J connectivity index is 2.10. The van der Waals surface area contributed by atoms with Crippen LogP contribution in [0.3, 0.4) is 0 Å². The van der Waals surface area contributed by atoms with Gasteiger partial charge in [-0.1, -0.05) is 17.7 Å². The highest BCUT2D eigenvalue weighted by molar-refractivity contribution is 6.31. The zero-order valence-corrected chi connectivity index (χ0v) is 9.83. The van der Waals surface area contributed by atoms with Gasteiger partial charge in [-0.2, -0.15) is 0 Å². The molecule has 0 aromatic heterocycles. The molecule has 1 heterocycles. The maximum atomic E-state index is 11.2. The second kappa shape index (κ2) is 4.73. The molecule has 0 unspecified atom stereocenters. The van der Waals surface area contributed by atoms with Crippen molar-refractivity contribution in [2.24, 2.45) is 0 Å². The van der Waals surface area contributed by atoms with Gasteiger partial charge in [0.1, 0.15) is 0 Å². The third-order valence-electron chi connectivity index (χ3n) is 2.48. The summed E-state index contributed by atoms with van der Waals surface area (Å²) in [5.41, 5.74) is 7.03. The number of hydrogen-bond donors (Lipinski definition) is 2. The zero-order chi connectivity index (χ0) is 12.4. The lowest BCUT2D eigenvalue weighted by Crippen LogP contribution is -2.50. The fourth-order valence-electron chi connectivity index (χ4n) is 1.74. The summed E-state index contributed by atoms with van der Waals surface area (Å²) < 4.78 is 0. The summed E-state index contributed by atoms with van der Waals surface area (Å²) in [5.74, 6) is -0.569. The van der Waals surface area contributed by atoms with Gasteiger partial charge in [-0.05, 0) is 17.7 Å². The molecular formula is C11H12ClN3O2. The fraction of sp³-hybridized carbons (Fsp3) is 0.273. The van der Waals surface area contributed by atoms with Crippen molar-refractivity contribution in [3.8, 4) is 0 Å². The maximum absolute atomic E-state index is 11.2. The Morgan fingerprint density at radius 2 is 1.94 bits per heavy atom. The molecule has 0 aliphatic carbocycles. The summed E-state index contributed by atoms with van der Waals surface area (Å²) in [5, 5.41) is 2.79. The number of halogens is 1. The summed E-state index contributed by atoms with van der Waals surface area (Å²) >= 11 is 6.03. The third kappa shape index (κ3) is 2.95. The average Bonchev–Trinajstić information content (AvgIpc) is 2.21. The molecule has 1 aromatic rings. The van der Waals surface area contributed by atoms with E-state index in [4.69, 9.17) is 17.3 Å². The quantitative estimate of drug-likeness (QED) is 0.590. The molecule has 1 aliphatic rings. The fourth-order valence-corrected chi connectivity index (χ4v) is 1.99. The zero-order valence-electron chi connectivity index (χ0n) is 9.07. The maximum Gasteiger partial charge on any atom is 0.240 e. The molecule has 17 heavy (non-hydrogen) atoms. The molecule has 3 N–H and O–H groups in total. The monoisotopic (exact) mass is 253 g/mol. The second-order valence-corrected chi connectivity index (χ2v) is 4.37. The Bertz CT molecular complexity index is 460. The minimum atomic E-state index is -0.284. The number of benzene rings is 1. The van der Waals surface area contributed by atoms with Gasteiger partial charge < -0.3 is 5.73 Å². The summed E-state index contributed by atoms with van der Waals surface area (Å²) in [7, 11) is 0. The van der Waals surface area contributed by atoms with E-state index in [0.29, 0.717) is 17.3 Å². The molecule has 0 atom stereocenters. The minimum absolute atomic E-state index is 0.201. The van der Waals surface area contributed by atoms with E-state index in [1.165, 1.54) is 0 Å². The number of nitrogens with one attached hydrogen (secondary N) is 1. The Morgan fingerprint density at radius 1 is 1.29 bits per heavy atom. The molecule has 1 fully saturated rings. The average molecular weight is 254 g/mol. The van der Waals surface area contributed by atoms with E-state index >= 15 is 0 Å². The van der Waals surface area contributed by atoms with Crippen LogP contribution in [0.2, 0.25) is 5.02 Å². The summed E-state index contributed by atoms with van der Waals surface area (Å²) in [6.07, 6.45) is 0. The number of nitrogen functional groups attached to an aromatic ring is 1. The number of hydrogen-bond acceptors (Lipinski definition) is 4. The van der Waals surface area contributed by atoms with E-state index in [1.807, 2.05) is 0 Å². The topological polar surface area (TPSA) is 75.4 Å². The van der Waals surface area contributed by atoms with Gasteiger partial charge >= 0.3 is 0 Å². The smallest absolute Gasteiger partial charge is 0.240 e. The van der Waals surface area contributed by atoms with Crippen molar-refractivity contribution >= 4 is 29.1 Å². The van der Waals surface area contributed by atoms with Gasteiger partial charge in [-0.25, -0.2) is 0 Å². The molecule has 0 spiro atoms. The summed E-state index contributed by atoms with van der Waals surface area (Å²) in [6.45, 7) is 0.858. The largest absolute Gasteiger partial charge is 0.399 e. The predicted octanol–water partition coefficient (Wildman–Crippen LogP) is 0.381. The van der Waals surface area contributed by atoms with Crippen molar-refractivity contribution in [1.29, 1.82) is 0 Å². The molecule has 5 nitrogen and oxygen atoms in total. The number of amides is 2. The number of rotatable bonds is 2. The van der Waals surface area contributed by atoms with Gasteiger partial charge in [0.25, 0.3) is 0 Å². The lowest BCUT2D eigenvalue weighted by Gasteiger charge is -2.25. The molecule has 2 amide bonds. The molecule has 1 aliphatic heterocycles. The van der Waals surface area contributed by atoms with Crippen molar-refractivity contribution in [3.63, 3.8) is 0 Å². The van der Waals surface area contributed by atoms with Crippen molar-refractivity contribution in [2.45, 2.75) is 6.54 Å². The van der Waals surface area contributed by atoms with Crippen molar-refractivity contribution in [2.75, 3.05) is 18.8 Å². The molecule has 1 aromatic carbocycles. The highest BCUT2D eigenvalue weighted by Gasteiger charge is 2.22. The molecule has 2 rings (SSSR count). The number of carbonyl (C=O) groups is 2. The summed E-state index contributed by atoms with van der Waals surface area (Å²) in [6, 6.07) is 5.20. The second-order valence-electron chi connectivity index (χ2n) is 3.97. The van der Waals surface area contributed by atoms with Crippen molar-refractivity contribution in [1.82, 2.24) is 10.2 Å². The molecule has 0 radical (unpaired) electrons. The van der Waals surface area contributed by atoms with Gasteiger partial charge in [0.2, 0.25) is 11.8 Å². The number of carbonyl (C=O) groups excluding carboxylic acids is 2. The van der Waals surface area contributed by atoms with Gasteiger partial charge in [0.15, 0.2) is 0 Å². The van der Waals surface area contributed by atoms with E-state index in [2.05, 4.69) is 5.32 Å². The minimum Gasteiger partial charge on any atom is -0.399 e. The molecule has 0 saturated carbocycles. The first-order valence-electron chi connectivity index (χ1n) is 5.13. The number of piperazine rings is 1. The third-order valence-corrected chi connectivity index (χ3v) is 2.84. The van der Waals surface area contributed by atoms with Crippen LogP contribution >= 0.6 is 11.6 Å².